The standard InChI is InChI=1S/C16H22FN3O2/c1-4-18-16(19-7-8-21-3)20-10-15-11(2)13-9-12(17)5-6-14(13)22-15/h5-6,9H,4,7-8,10H2,1-3H3,(H2,18,19,20). The van der Waals surface area contributed by atoms with E-state index in [1.807, 2.05) is 13.8 Å². The van der Waals surface area contributed by atoms with Gasteiger partial charge in [-0.25, -0.2) is 9.38 Å². The topological polar surface area (TPSA) is 58.8 Å². The monoisotopic (exact) mass is 307 g/mol. The van der Waals surface area contributed by atoms with Crippen LogP contribution >= 0.6 is 0 Å². The van der Waals surface area contributed by atoms with E-state index < -0.39 is 0 Å². The molecule has 22 heavy (non-hydrogen) atoms. The lowest BCUT2D eigenvalue weighted by molar-refractivity contribution is 0.203. The van der Waals surface area contributed by atoms with Crippen LogP contribution in [0, 0.1) is 12.7 Å². The quantitative estimate of drug-likeness (QED) is 0.489. The average molecular weight is 307 g/mol. The molecule has 0 aliphatic rings. The number of rotatable bonds is 6. The molecule has 0 saturated carbocycles. The average Bonchev–Trinajstić information content (AvgIpc) is 2.81. The fraction of sp³-hybridized carbons (Fsp3) is 0.438. The molecule has 0 atom stereocenters. The normalized spacial score (nSPS) is 11.9. The summed E-state index contributed by atoms with van der Waals surface area (Å²) in [6.45, 7) is 6.36. The first-order valence-corrected chi connectivity index (χ1v) is 7.34. The highest BCUT2D eigenvalue weighted by molar-refractivity contribution is 5.82. The van der Waals surface area contributed by atoms with Crippen molar-refractivity contribution in [3.05, 3.63) is 35.3 Å². The van der Waals surface area contributed by atoms with Gasteiger partial charge >= 0.3 is 0 Å². The second-order valence-corrected chi connectivity index (χ2v) is 4.91. The van der Waals surface area contributed by atoms with Crippen molar-refractivity contribution in [2.75, 3.05) is 26.8 Å². The summed E-state index contributed by atoms with van der Waals surface area (Å²) in [6, 6.07) is 4.53. The molecule has 120 valence electrons. The van der Waals surface area contributed by atoms with E-state index >= 15 is 0 Å². The van der Waals surface area contributed by atoms with Gasteiger partial charge in [0, 0.05) is 31.1 Å². The van der Waals surface area contributed by atoms with E-state index in [1.54, 1.807) is 13.2 Å². The van der Waals surface area contributed by atoms with Crippen LogP contribution in [-0.2, 0) is 11.3 Å². The van der Waals surface area contributed by atoms with Crippen LogP contribution in [0.1, 0.15) is 18.2 Å². The Hall–Kier alpha value is -2.08. The summed E-state index contributed by atoms with van der Waals surface area (Å²) in [7, 11) is 1.66. The summed E-state index contributed by atoms with van der Waals surface area (Å²) in [6.07, 6.45) is 0. The van der Waals surface area contributed by atoms with Crippen LogP contribution in [0.2, 0.25) is 0 Å². The lowest BCUT2D eigenvalue weighted by atomic mass is 10.1. The van der Waals surface area contributed by atoms with Gasteiger partial charge in [-0.2, -0.15) is 0 Å². The maximum atomic E-state index is 13.3. The van der Waals surface area contributed by atoms with Crippen molar-refractivity contribution >= 4 is 16.9 Å². The number of aliphatic imine (C=N–C) groups is 1. The third kappa shape index (κ3) is 3.98. The predicted molar refractivity (Wildman–Crippen MR) is 85.6 cm³/mol. The van der Waals surface area contributed by atoms with E-state index in [1.165, 1.54) is 12.1 Å². The predicted octanol–water partition coefficient (Wildman–Crippen LogP) is 2.58. The molecule has 1 heterocycles. The second-order valence-electron chi connectivity index (χ2n) is 4.91. The van der Waals surface area contributed by atoms with E-state index in [9.17, 15) is 4.39 Å². The highest BCUT2D eigenvalue weighted by Crippen LogP contribution is 2.26. The number of methoxy groups -OCH3 is 1. The van der Waals surface area contributed by atoms with Crippen LogP contribution in [0.5, 0.6) is 0 Å². The van der Waals surface area contributed by atoms with E-state index in [0.29, 0.717) is 31.2 Å². The largest absolute Gasteiger partial charge is 0.459 e. The summed E-state index contributed by atoms with van der Waals surface area (Å²) in [5.41, 5.74) is 1.60. The molecule has 0 bridgehead atoms. The molecule has 0 unspecified atom stereocenters. The molecule has 6 heteroatoms. The fourth-order valence-corrected chi connectivity index (χ4v) is 2.16. The van der Waals surface area contributed by atoms with Gasteiger partial charge in [0.2, 0.25) is 0 Å². The number of fused-ring (bicyclic) bond motifs is 1. The molecule has 5 nitrogen and oxygen atoms in total. The highest BCUT2D eigenvalue weighted by atomic mass is 19.1. The van der Waals surface area contributed by atoms with Crippen molar-refractivity contribution in [2.45, 2.75) is 20.4 Å². The molecule has 0 aliphatic heterocycles. The summed E-state index contributed by atoms with van der Waals surface area (Å²) >= 11 is 0. The van der Waals surface area contributed by atoms with Crippen LogP contribution in [0.15, 0.2) is 27.6 Å². The SMILES string of the molecule is CCNC(=NCc1oc2ccc(F)cc2c1C)NCCOC. The van der Waals surface area contributed by atoms with Gasteiger partial charge in [-0.15, -0.1) is 0 Å². The molecular weight excluding hydrogens is 285 g/mol. The molecule has 0 radical (unpaired) electrons. The molecule has 2 rings (SSSR count). The zero-order valence-corrected chi connectivity index (χ0v) is 13.2. The lowest BCUT2D eigenvalue weighted by Crippen LogP contribution is -2.38. The van der Waals surface area contributed by atoms with E-state index in [4.69, 9.17) is 9.15 Å². The van der Waals surface area contributed by atoms with Gasteiger partial charge in [-0.1, -0.05) is 0 Å². The van der Waals surface area contributed by atoms with Gasteiger partial charge in [0.05, 0.1) is 6.61 Å². The minimum atomic E-state index is -0.263. The zero-order chi connectivity index (χ0) is 15.9. The van der Waals surface area contributed by atoms with Crippen LogP contribution in [0.3, 0.4) is 0 Å². The number of nitrogens with one attached hydrogen (secondary N) is 2. The molecule has 0 spiro atoms. The molecule has 0 aliphatic carbocycles. The Labute approximate surface area is 129 Å². The van der Waals surface area contributed by atoms with Crippen molar-refractivity contribution in [3.8, 4) is 0 Å². The first-order chi connectivity index (χ1) is 10.7. The number of halogens is 1. The zero-order valence-electron chi connectivity index (χ0n) is 13.2. The van der Waals surface area contributed by atoms with E-state index in [0.717, 1.165) is 23.3 Å². The molecule has 2 N–H and O–H groups in total. The van der Waals surface area contributed by atoms with Gasteiger partial charge in [0.1, 0.15) is 23.7 Å². The number of aryl methyl sites for hydroxylation is 1. The van der Waals surface area contributed by atoms with Gasteiger partial charge in [-0.3, -0.25) is 0 Å². The molecule has 0 amide bonds. The Morgan fingerprint density at radius 3 is 2.91 bits per heavy atom. The maximum absolute atomic E-state index is 13.3. The Morgan fingerprint density at radius 1 is 1.36 bits per heavy atom. The van der Waals surface area contributed by atoms with Crippen LogP contribution in [0.25, 0.3) is 11.0 Å². The Balaban J connectivity index is 2.13. The van der Waals surface area contributed by atoms with Crippen molar-refractivity contribution in [1.82, 2.24) is 10.6 Å². The maximum Gasteiger partial charge on any atom is 0.191 e. The number of nitrogens with zero attached hydrogens (tertiary/aromatic N) is 1. The number of ether oxygens (including phenoxy) is 1. The van der Waals surface area contributed by atoms with Crippen LogP contribution < -0.4 is 10.6 Å². The van der Waals surface area contributed by atoms with Gasteiger partial charge < -0.3 is 19.8 Å². The Morgan fingerprint density at radius 2 is 2.18 bits per heavy atom. The van der Waals surface area contributed by atoms with Gasteiger partial charge in [-0.05, 0) is 32.0 Å². The Bertz CT molecular complexity index is 652. The van der Waals surface area contributed by atoms with Crippen molar-refractivity contribution in [2.24, 2.45) is 4.99 Å². The molecule has 1 aromatic carbocycles. The van der Waals surface area contributed by atoms with E-state index in [-0.39, 0.29) is 5.82 Å². The summed E-state index contributed by atoms with van der Waals surface area (Å²) < 4.78 is 24.1. The minimum absolute atomic E-state index is 0.263. The number of benzene rings is 1. The van der Waals surface area contributed by atoms with E-state index in [2.05, 4.69) is 15.6 Å². The smallest absolute Gasteiger partial charge is 0.191 e. The molecule has 0 saturated heterocycles. The molecule has 0 fully saturated rings. The fourth-order valence-electron chi connectivity index (χ4n) is 2.16. The van der Waals surface area contributed by atoms with Crippen molar-refractivity contribution in [3.63, 3.8) is 0 Å². The first kappa shape index (κ1) is 16.3. The molecule has 1 aromatic heterocycles. The third-order valence-electron chi connectivity index (χ3n) is 3.32. The third-order valence-corrected chi connectivity index (χ3v) is 3.32. The van der Waals surface area contributed by atoms with Crippen molar-refractivity contribution < 1.29 is 13.5 Å². The molecule has 2 aromatic rings. The number of hydrogen-bond donors (Lipinski definition) is 2. The minimum Gasteiger partial charge on any atom is -0.459 e. The summed E-state index contributed by atoms with van der Waals surface area (Å²) in [5.74, 6) is 1.18. The van der Waals surface area contributed by atoms with Gasteiger partial charge in [0.25, 0.3) is 0 Å². The van der Waals surface area contributed by atoms with Gasteiger partial charge in [0.15, 0.2) is 5.96 Å². The number of guanidine groups is 1. The Kier molecular flexibility index (Phi) is 5.77. The second kappa shape index (κ2) is 7.79. The molecular formula is C16H22FN3O2. The lowest BCUT2D eigenvalue weighted by Gasteiger charge is -2.10. The first-order valence-electron chi connectivity index (χ1n) is 7.34. The summed E-state index contributed by atoms with van der Waals surface area (Å²) in [4.78, 5) is 4.49. The highest BCUT2D eigenvalue weighted by Gasteiger charge is 2.11. The van der Waals surface area contributed by atoms with Crippen LogP contribution in [-0.4, -0.2) is 32.8 Å². The summed E-state index contributed by atoms with van der Waals surface area (Å²) in [5, 5.41) is 7.12. The van der Waals surface area contributed by atoms with Crippen LogP contribution in [0.4, 0.5) is 4.39 Å². The number of furan rings is 1. The van der Waals surface area contributed by atoms with Crippen molar-refractivity contribution in [1.29, 1.82) is 0 Å². The number of hydrogen-bond acceptors (Lipinski definition) is 3.